The van der Waals surface area contributed by atoms with Gasteiger partial charge in [-0.3, -0.25) is 9.80 Å². The zero-order valence-corrected chi connectivity index (χ0v) is 14.9. The highest BCUT2D eigenvalue weighted by Crippen LogP contribution is 2.38. The molecule has 3 aliphatic rings. The normalized spacial score (nSPS) is 29.0. The van der Waals surface area contributed by atoms with Crippen LogP contribution < -0.4 is 0 Å². The van der Waals surface area contributed by atoms with Gasteiger partial charge in [0.15, 0.2) is 5.82 Å². The van der Waals surface area contributed by atoms with E-state index in [2.05, 4.69) is 38.8 Å². The maximum Gasteiger partial charge on any atom is 0.243 e. The average Bonchev–Trinajstić information content (AvgIpc) is 3.32. The molecule has 0 bridgehead atoms. The Morgan fingerprint density at radius 2 is 1.96 bits per heavy atom. The molecule has 0 amide bonds. The Bertz CT molecular complexity index is 539. The number of hydrogen-bond acceptors (Lipinski definition) is 7. The van der Waals surface area contributed by atoms with Gasteiger partial charge >= 0.3 is 0 Å². The van der Waals surface area contributed by atoms with Crippen LogP contribution in [0.25, 0.3) is 0 Å². The molecule has 24 heavy (non-hydrogen) atoms. The summed E-state index contributed by atoms with van der Waals surface area (Å²) in [5, 5.41) is 4.15. The molecule has 1 aromatic heterocycles. The van der Waals surface area contributed by atoms with Crippen molar-refractivity contribution in [1.82, 2.24) is 24.8 Å². The molecule has 1 aliphatic carbocycles. The molecule has 2 saturated heterocycles. The third-order valence-electron chi connectivity index (χ3n) is 5.52. The number of rotatable bonds is 5. The highest BCUT2D eigenvalue weighted by atomic mass is 16.5. The first kappa shape index (κ1) is 16.4. The van der Waals surface area contributed by atoms with Crippen LogP contribution in [-0.4, -0.2) is 90.4 Å². The van der Waals surface area contributed by atoms with Crippen LogP contribution in [0.3, 0.4) is 0 Å². The van der Waals surface area contributed by atoms with Gasteiger partial charge in [-0.1, -0.05) is 5.16 Å². The molecule has 0 unspecified atom stereocenters. The number of ether oxygens (including phenoxy) is 1. The second-order valence-corrected chi connectivity index (χ2v) is 7.53. The topological polar surface area (TPSA) is 57.9 Å². The van der Waals surface area contributed by atoms with Gasteiger partial charge in [-0.15, -0.1) is 0 Å². The summed E-state index contributed by atoms with van der Waals surface area (Å²) >= 11 is 0. The molecule has 2 aliphatic heterocycles. The minimum absolute atomic E-state index is 0.212. The van der Waals surface area contributed by atoms with E-state index in [0.717, 1.165) is 64.1 Å². The largest absolute Gasteiger partial charge is 0.374 e. The summed E-state index contributed by atoms with van der Waals surface area (Å²) in [6.45, 7) is 10.4. The molecule has 1 saturated carbocycles. The highest BCUT2D eigenvalue weighted by Gasteiger charge is 2.32. The lowest BCUT2D eigenvalue weighted by Crippen LogP contribution is -2.52. The first-order valence-electron chi connectivity index (χ1n) is 9.29. The van der Waals surface area contributed by atoms with Crippen LogP contribution in [0.2, 0.25) is 0 Å². The van der Waals surface area contributed by atoms with E-state index in [1.807, 2.05) is 0 Å². The number of morpholine rings is 1. The summed E-state index contributed by atoms with van der Waals surface area (Å²) in [7, 11) is 2.18. The van der Waals surface area contributed by atoms with E-state index in [9.17, 15) is 0 Å². The van der Waals surface area contributed by atoms with Crippen molar-refractivity contribution < 1.29 is 9.26 Å². The summed E-state index contributed by atoms with van der Waals surface area (Å²) in [4.78, 5) is 11.9. The quantitative estimate of drug-likeness (QED) is 0.794. The summed E-state index contributed by atoms with van der Waals surface area (Å²) in [6, 6.07) is 0.212. The molecule has 0 spiro atoms. The van der Waals surface area contributed by atoms with E-state index in [4.69, 9.17) is 9.26 Å². The summed E-state index contributed by atoms with van der Waals surface area (Å²) < 4.78 is 11.4. The molecule has 7 heteroatoms. The fraction of sp³-hybridized carbons (Fsp3) is 0.882. The van der Waals surface area contributed by atoms with Crippen molar-refractivity contribution in [2.75, 3.05) is 59.5 Å². The Morgan fingerprint density at radius 1 is 1.17 bits per heavy atom. The van der Waals surface area contributed by atoms with E-state index in [1.165, 1.54) is 12.8 Å². The fourth-order valence-corrected chi connectivity index (χ4v) is 3.68. The molecule has 0 aromatic carbocycles. The number of likely N-dealkylation sites (N-methyl/N-ethyl adjacent to an activating group) is 1. The zero-order valence-electron chi connectivity index (χ0n) is 14.9. The number of piperazine rings is 1. The molecule has 0 N–H and O–H groups in total. The average molecular weight is 335 g/mol. The minimum Gasteiger partial charge on any atom is -0.374 e. The second kappa shape index (κ2) is 7.07. The maximum atomic E-state index is 5.90. The standard InChI is InChI=1S/C17H29N5O2/c1-13(17-18-16(19-24-17)14-3-4-14)22-7-5-21(6-8-22)12-15-11-20(2)9-10-23-15/h13-15H,3-12H2,1-2H3/t13-,15+/m0/s1. The van der Waals surface area contributed by atoms with Crippen molar-refractivity contribution in [2.24, 2.45) is 0 Å². The van der Waals surface area contributed by atoms with Crippen molar-refractivity contribution in [2.45, 2.75) is 37.8 Å². The Labute approximate surface area is 143 Å². The van der Waals surface area contributed by atoms with Crippen LogP contribution in [0, 0.1) is 0 Å². The van der Waals surface area contributed by atoms with Crippen LogP contribution in [0.15, 0.2) is 4.52 Å². The lowest BCUT2D eigenvalue weighted by molar-refractivity contribution is -0.0430. The van der Waals surface area contributed by atoms with Gasteiger partial charge in [0, 0.05) is 51.7 Å². The van der Waals surface area contributed by atoms with E-state index < -0.39 is 0 Å². The van der Waals surface area contributed by atoms with Crippen LogP contribution in [0.5, 0.6) is 0 Å². The van der Waals surface area contributed by atoms with Crippen molar-refractivity contribution in [3.63, 3.8) is 0 Å². The van der Waals surface area contributed by atoms with Crippen molar-refractivity contribution >= 4 is 0 Å². The van der Waals surface area contributed by atoms with E-state index in [1.54, 1.807) is 0 Å². The van der Waals surface area contributed by atoms with Crippen LogP contribution in [0.1, 0.15) is 43.4 Å². The fourth-order valence-electron chi connectivity index (χ4n) is 3.68. The Kier molecular flexibility index (Phi) is 4.85. The lowest BCUT2D eigenvalue weighted by Gasteiger charge is -2.39. The maximum absolute atomic E-state index is 5.90. The third kappa shape index (κ3) is 3.79. The summed E-state index contributed by atoms with van der Waals surface area (Å²) in [6.07, 6.45) is 2.78. The number of aromatic nitrogens is 2. The van der Waals surface area contributed by atoms with Gasteiger partial charge in [0.1, 0.15) is 0 Å². The molecule has 134 valence electrons. The monoisotopic (exact) mass is 335 g/mol. The van der Waals surface area contributed by atoms with Crippen LogP contribution in [-0.2, 0) is 4.74 Å². The molecule has 7 nitrogen and oxygen atoms in total. The van der Waals surface area contributed by atoms with Crippen molar-refractivity contribution in [3.05, 3.63) is 11.7 Å². The number of hydrogen-bond donors (Lipinski definition) is 0. The third-order valence-corrected chi connectivity index (χ3v) is 5.52. The highest BCUT2D eigenvalue weighted by molar-refractivity contribution is 5.04. The minimum atomic E-state index is 0.212. The van der Waals surface area contributed by atoms with E-state index in [-0.39, 0.29) is 6.04 Å². The Morgan fingerprint density at radius 3 is 2.67 bits per heavy atom. The first-order chi connectivity index (χ1) is 11.7. The summed E-state index contributed by atoms with van der Waals surface area (Å²) in [5.41, 5.74) is 0. The van der Waals surface area contributed by atoms with Crippen LogP contribution >= 0.6 is 0 Å². The number of nitrogens with zero attached hydrogens (tertiary/aromatic N) is 5. The molecule has 3 heterocycles. The Hall–Kier alpha value is -1.02. The molecule has 2 atom stereocenters. The van der Waals surface area contributed by atoms with Gasteiger partial charge in [0.05, 0.1) is 18.8 Å². The second-order valence-electron chi connectivity index (χ2n) is 7.53. The SMILES string of the molecule is C[C@@H](c1nc(C2CC2)no1)N1CCN(C[C@H]2CN(C)CCO2)CC1. The van der Waals surface area contributed by atoms with Crippen molar-refractivity contribution in [3.8, 4) is 0 Å². The molecule has 4 rings (SSSR count). The molecule has 1 aromatic rings. The predicted octanol–water partition coefficient (Wildman–Crippen LogP) is 0.956. The zero-order chi connectivity index (χ0) is 16.5. The van der Waals surface area contributed by atoms with Gasteiger partial charge in [-0.2, -0.15) is 4.98 Å². The van der Waals surface area contributed by atoms with Gasteiger partial charge in [-0.05, 0) is 26.8 Å². The predicted molar refractivity (Wildman–Crippen MR) is 89.9 cm³/mol. The van der Waals surface area contributed by atoms with Gasteiger partial charge in [0.2, 0.25) is 5.89 Å². The van der Waals surface area contributed by atoms with Gasteiger partial charge in [0.25, 0.3) is 0 Å². The molecular formula is C17H29N5O2. The molecule has 0 radical (unpaired) electrons. The van der Waals surface area contributed by atoms with E-state index >= 15 is 0 Å². The summed E-state index contributed by atoms with van der Waals surface area (Å²) in [5.74, 6) is 2.25. The van der Waals surface area contributed by atoms with Gasteiger partial charge < -0.3 is 14.2 Å². The molecule has 3 fully saturated rings. The van der Waals surface area contributed by atoms with Crippen molar-refractivity contribution in [1.29, 1.82) is 0 Å². The smallest absolute Gasteiger partial charge is 0.243 e. The Balaban J connectivity index is 1.25. The lowest BCUT2D eigenvalue weighted by atomic mass is 10.2. The molecular weight excluding hydrogens is 306 g/mol. The first-order valence-corrected chi connectivity index (χ1v) is 9.29. The van der Waals surface area contributed by atoms with E-state index in [0.29, 0.717) is 12.0 Å². The van der Waals surface area contributed by atoms with Gasteiger partial charge in [-0.25, -0.2) is 0 Å². The van der Waals surface area contributed by atoms with Crippen LogP contribution in [0.4, 0.5) is 0 Å².